The van der Waals surface area contributed by atoms with Crippen molar-refractivity contribution in [2.24, 2.45) is 0 Å². The summed E-state index contributed by atoms with van der Waals surface area (Å²) in [5, 5.41) is -0.0469. The maximum Gasteiger partial charge on any atom is 0.232 e. The molecule has 78 valence electrons. The Morgan fingerprint density at radius 1 is 1.27 bits per heavy atom. The predicted molar refractivity (Wildman–Crippen MR) is 54.7 cm³/mol. The third-order valence-corrected chi connectivity index (χ3v) is 2.73. The number of hydrogen-bond acceptors (Lipinski definition) is 4. The van der Waals surface area contributed by atoms with Gasteiger partial charge in [0, 0.05) is 0 Å². The first-order valence-electron chi connectivity index (χ1n) is 3.82. The van der Waals surface area contributed by atoms with E-state index in [9.17, 15) is 8.78 Å². The van der Waals surface area contributed by atoms with Gasteiger partial charge in [-0.15, -0.1) is 0 Å². The Balaban J connectivity index is 2.58. The average Bonchev–Trinajstić information content (AvgIpc) is 2.58. The zero-order valence-electron chi connectivity index (χ0n) is 7.17. The van der Waals surface area contributed by atoms with Crippen molar-refractivity contribution < 1.29 is 8.78 Å². The highest BCUT2D eigenvalue weighted by molar-refractivity contribution is 7.09. The monoisotopic (exact) mass is 247 g/mol. The second-order valence-electron chi connectivity index (χ2n) is 2.70. The van der Waals surface area contributed by atoms with Gasteiger partial charge in [0.15, 0.2) is 0 Å². The van der Waals surface area contributed by atoms with Crippen LogP contribution in [-0.4, -0.2) is 9.36 Å². The molecule has 1 aromatic carbocycles. The minimum atomic E-state index is -0.707. The maximum atomic E-state index is 13.4. The van der Waals surface area contributed by atoms with Gasteiger partial charge in [0.25, 0.3) is 0 Å². The first-order chi connectivity index (χ1) is 7.08. The molecule has 2 rings (SSSR count). The molecule has 0 aliphatic rings. The molecule has 1 aromatic heterocycles. The number of nitrogens with two attached hydrogens (primary N) is 1. The van der Waals surface area contributed by atoms with E-state index in [0.29, 0.717) is 0 Å². The van der Waals surface area contributed by atoms with E-state index in [1.54, 1.807) is 0 Å². The normalized spacial score (nSPS) is 10.6. The van der Waals surface area contributed by atoms with Crippen molar-refractivity contribution in [2.75, 3.05) is 5.73 Å². The largest absolute Gasteiger partial charge is 0.367 e. The fraction of sp³-hybridized carbons (Fsp3) is 0. The number of nitrogen functional groups attached to an aromatic ring is 1. The van der Waals surface area contributed by atoms with Gasteiger partial charge in [-0.2, -0.15) is 9.36 Å². The van der Waals surface area contributed by atoms with Crippen LogP contribution in [0.1, 0.15) is 0 Å². The fourth-order valence-electron chi connectivity index (χ4n) is 1.03. The molecule has 0 aliphatic heterocycles. The van der Waals surface area contributed by atoms with Crippen LogP contribution in [0, 0.1) is 11.6 Å². The second-order valence-corrected chi connectivity index (χ2v) is 3.86. The van der Waals surface area contributed by atoms with Crippen molar-refractivity contribution in [2.45, 2.75) is 0 Å². The van der Waals surface area contributed by atoms with E-state index in [2.05, 4.69) is 9.36 Å². The SMILES string of the molecule is Nc1nsc(-c2cc(F)c(Cl)cc2F)n1. The quantitative estimate of drug-likeness (QED) is 0.789. The van der Waals surface area contributed by atoms with E-state index < -0.39 is 11.6 Å². The van der Waals surface area contributed by atoms with Gasteiger partial charge in [0.1, 0.15) is 16.6 Å². The Bertz CT molecular complexity index is 515. The van der Waals surface area contributed by atoms with Crippen molar-refractivity contribution in [3.8, 4) is 10.6 Å². The van der Waals surface area contributed by atoms with Crippen molar-refractivity contribution in [1.29, 1.82) is 0 Å². The Kier molecular flexibility index (Phi) is 2.54. The first kappa shape index (κ1) is 10.3. The minimum absolute atomic E-state index is 0.00565. The lowest BCUT2D eigenvalue weighted by Gasteiger charge is -2.00. The number of benzene rings is 1. The van der Waals surface area contributed by atoms with Gasteiger partial charge in [0.2, 0.25) is 5.95 Å². The molecule has 0 radical (unpaired) electrons. The van der Waals surface area contributed by atoms with Crippen LogP contribution in [0.5, 0.6) is 0 Å². The number of hydrogen-bond donors (Lipinski definition) is 1. The Morgan fingerprint density at radius 2 is 2.00 bits per heavy atom. The summed E-state index contributed by atoms with van der Waals surface area (Å²) < 4.78 is 30.1. The Morgan fingerprint density at radius 3 is 2.60 bits per heavy atom. The summed E-state index contributed by atoms with van der Waals surface area (Å²) in [7, 11) is 0. The number of halogens is 3. The van der Waals surface area contributed by atoms with Crippen LogP contribution < -0.4 is 5.73 Å². The van der Waals surface area contributed by atoms with Crippen molar-refractivity contribution in [3.63, 3.8) is 0 Å². The van der Waals surface area contributed by atoms with Crippen LogP contribution >= 0.6 is 23.1 Å². The molecule has 3 nitrogen and oxygen atoms in total. The standard InChI is InChI=1S/C8H4ClF2N3S/c9-4-2-5(10)3(1-6(4)11)7-13-8(12)14-15-7/h1-2H,(H2,12,14). The molecule has 0 spiro atoms. The molecule has 15 heavy (non-hydrogen) atoms. The van der Waals surface area contributed by atoms with Gasteiger partial charge in [-0.1, -0.05) is 11.6 Å². The van der Waals surface area contributed by atoms with Crippen molar-refractivity contribution >= 4 is 29.1 Å². The van der Waals surface area contributed by atoms with E-state index in [1.165, 1.54) is 0 Å². The molecule has 0 bridgehead atoms. The Labute approximate surface area is 92.7 Å². The molecule has 0 fully saturated rings. The van der Waals surface area contributed by atoms with Gasteiger partial charge in [0.05, 0.1) is 10.6 Å². The van der Waals surface area contributed by atoms with Crippen LogP contribution in [-0.2, 0) is 0 Å². The molecule has 0 aliphatic carbocycles. The number of rotatable bonds is 1. The molecule has 0 atom stereocenters. The summed E-state index contributed by atoms with van der Waals surface area (Å²) in [4.78, 5) is 3.75. The molecule has 0 unspecified atom stereocenters. The summed E-state index contributed by atoms with van der Waals surface area (Å²) in [5.74, 6) is -1.33. The van der Waals surface area contributed by atoms with Crippen molar-refractivity contribution in [3.05, 3.63) is 28.8 Å². The second kappa shape index (κ2) is 3.71. The smallest absolute Gasteiger partial charge is 0.232 e. The maximum absolute atomic E-state index is 13.4. The lowest BCUT2D eigenvalue weighted by Crippen LogP contribution is -1.89. The van der Waals surface area contributed by atoms with Crippen LogP contribution in [0.4, 0.5) is 14.7 Å². The van der Waals surface area contributed by atoms with Crippen LogP contribution in [0.25, 0.3) is 10.6 Å². The summed E-state index contributed by atoms with van der Waals surface area (Å²) in [5.41, 5.74) is 5.29. The Hall–Kier alpha value is -1.27. The highest BCUT2D eigenvalue weighted by Crippen LogP contribution is 2.29. The summed E-state index contributed by atoms with van der Waals surface area (Å²) in [6.45, 7) is 0. The molecular formula is C8H4ClF2N3S. The van der Waals surface area contributed by atoms with Crippen LogP contribution in [0.15, 0.2) is 12.1 Å². The highest BCUT2D eigenvalue weighted by atomic mass is 35.5. The first-order valence-corrected chi connectivity index (χ1v) is 4.97. The third-order valence-electron chi connectivity index (χ3n) is 1.68. The van der Waals surface area contributed by atoms with Gasteiger partial charge in [-0.05, 0) is 23.7 Å². The topological polar surface area (TPSA) is 51.8 Å². The molecule has 2 aromatic rings. The van der Waals surface area contributed by atoms with E-state index in [1.807, 2.05) is 0 Å². The fourth-order valence-corrected chi connectivity index (χ4v) is 1.79. The van der Waals surface area contributed by atoms with Gasteiger partial charge < -0.3 is 5.73 Å². The molecule has 2 N–H and O–H groups in total. The molecule has 0 amide bonds. The molecule has 0 saturated carbocycles. The molecule has 0 saturated heterocycles. The summed E-state index contributed by atoms with van der Waals surface area (Å²) >= 11 is 6.30. The lowest BCUT2D eigenvalue weighted by atomic mass is 10.2. The van der Waals surface area contributed by atoms with Gasteiger partial charge in [-0.25, -0.2) is 8.78 Å². The predicted octanol–water partition coefficient (Wildman–Crippen LogP) is 2.72. The van der Waals surface area contributed by atoms with E-state index in [-0.39, 0.29) is 21.5 Å². The van der Waals surface area contributed by atoms with Crippen LogP contribution in [0.3, 0.4) is 0 Å². The van der Waals surface area contributed by atoms with Gasteiger partial charge >= 0.3 is 0 Å². The van der Waals surface area contributed by atoms with E-state index in [4.69, 9.17) is 17.3 Å². The number of anilines is 1. The zero-order valence-corrected chi connectivity index (χ0v) is 8.74. The zero-order chi connectivity index (χ0) is 11.0. The third kappa shape index (κ3) is 1.91. The van der Waals surface area contributed by atoms with Crippen molar-refractivity contribution in [1.82, 2.24) is 9.36 Å². The highest BCUT2D eigenvalue weighted by Gasteiger charge is 2.13. The number of nitrogens with zero attached hydrogens (tertiary/aromatic N) is 2. The summed E-state index contributed by atoms with van der Waals surface area (Å²) in [6, 6.07) is 1.86. The summed E-state index contributed by atoms with van der Waals surface area (Å²) in [6.07, 6.45) is 0. The van der Waals surface area contributed by atoms with Crippen LogP contribution in [0.2, 0.25) is 5.02 Å². The molecular weight excluding hydrogens is 244 g/mol. The average molecular weight is 248 g/mol. The number of aromatic nitrogens is 2. The van der Waals surface area contributed by atoms with E-state index >= 15 is 0 Å². The minimum Gasteiger partial charge on any atom is -0.367 e. The van der Waals surface area contributed by atoms with Gasteiger partial charge in [-0.3, -0.25) is 0 Å². The molecule has 7 heteroatoms. The molecule has 1 heterocycles. The lowest BCUT2D eigenvalue weighted by molar-refractivity contribution is 0.603. The van der Waals surface area contributed by atoms with E-state index in [0.717, 1.165) is 23.7 Å².